The van der Waals surface area contributed by atoms with Crippen LogP contribution in [0.3, 0.4) is 0 Å². The molecule has 2 aromatic carbocycles. The summed E-state index contributed by atoms with van der Waals surface area (Å²) in [6.45, 7) is 1.92. The van der Waals surface area contributed by atoms with Crippen LogP contribution in [0, 0.1) is 6.92 Å². The van der Waals surface area contributed by atoms with E-state index in [9.17, 15) is 4.79 Å². The molecule has 0 saturated heterocycles. The van der Waals surface area contributed by atoms with E-state index in [-0.39, 0.29) is 24.9 Å². The Morgan fingerprint density at radius 2 is 2.12 bits per heavy atom. The molecule has 0 aliphatic heterocycles. The van der Waals surface area contributed by atoms with Gasteiger partial charge in [0.05, 0.1) is 11.6 Å². The van der Waals surface area contributed by atoms with Gasteiger partial charge in [0.1, 0.15) is 5.75 Å². The molecular formula is C18H15BrClN3O3. The number of carbonyl (C=O) groups excluding carboxylic acids is 1. The monoisotopic (exact) mass is 435 g/mol. The SMILES string of the molecule is Cc1cc(Br)ccc1OCC(=O)NCc1nc(-c2ccccc2Cl)no1. The van der Waals surface area contributed by atoms with Crippen molar-refractivity contribution < 1.29 is 14.1 Å². The first-order chi connectivity index (χ1) is 12.5. The topological polar surface area (TPSA) is 77.2 Å². The first-order valence-electron chi connectivity index (χ1n) is 7.76. The number of aromatic nitrogens is 2. The van der Waals surface area contributed by atoms with Crippen LogP contribution in [0.2, 0.25) is 5.02 Å². The molecular weight excluding hydrogens is 422 g/mol. The number of nitrogens with zero attached hydrogens (tertiary/aromatic N) is 2. The lowest BCUT2D eigenvalue weighted by atomic mass is 10.2. The number of rotatable bonds is 6. The number of hydrogen-bond acceptors (Lipinski definition) is 5. The number of nitrogens with one attached hydrogen (secondary N) is 1. The Morgan fingerprint density at radius 1 is 1.31 bits per heavy atom. The van der Waals surface area contributed by atoms with E-state index >= 15 is 0 Å². The molecule has 1 N–H and O–H groups in total. The summed E-state index contributed by atoms with van der Waals surface area (Å²) in [4.78, 5) is 16.2. The molecule has 0 spiro atoms. The van der Waals surface area contributed by atoms with Gasteiger partial charge in [-0.3, -0.25) is 4.79 Å². The maximum atomic E-state index is 11.9. The molecule has 1 aromatic heterocycles. The molecule has 3 aromatic rings. The van der Waals surface area contributed by atoms with Crippen molar-refractivity contribution >= 4 is 33.4 Å². The van der Waals surface area contributed by atoms with Crippen molar-refractivity contribution in [2.75, 3.05) is 6.61 Å². The summed E-state index contributed by atoms with van der Waals surface area (Å²) in [7, 11) is 0. The first kappa shape index (κ1) is 18.4. The summed E-state index contributed by atoms with van der Waals surface area (Å²) in [6.07, 6.45) is 0. The van der Waals surface area contributed by atoms with Crippen molar-refractivity contribution in [1.82, 2.24) is 15.5 Å². The summed E-state index contributed by atoms with van der Waals surface area (Å²) in [6, 6.07) is 12.8. The fraction of sp³-hybridized carbons (Fsp3) is 0.167. The van der Waals surface area contributed by atoms with Gasteiger partial charge in [-0.1, -0.05) is 44.8 Å². The number of benzene rings is 2. The van der Waals surface area contributed by atoms with E-state index in [1.165, 1.54) is 0 Å². The lowest BCUT2D eigenvalue weighted by Gasteiger charge is -2.09. The van der Waals surface area contributed by atoms with Gasteiger partial charge in [0.2, 0.25) is 11.7 Å². The summed E-state index contributed by atoms with van der Waals surface area (Å²) in [5.74, 6) is 1.03. The van der Waals surface area contributed by atoms with Crippen molar-refractivity contribution in [3.63, 3.8) is 0 Å². The highest BCUT2D eigenvalue weighted by atomic mass is 79.9. The second-order valence-electron chi connectivity index (χ2n) is 5.47. The normalized spacial score (nSPS) is 10.6. The van der Waals surface area contributed by atoms with Gasteiger partial charge < -0.3 is 14.6 Å². The van der Waals surface area contributed by atoms with Gasteiger partial charge in [-0.2, -0.15) is 4.98 Å². The van der Waals surface area contributed by atoms with Crippen molar-refractivity contribution in [3.05, 3.63) is 63.4 Å². The fourth-order valence-corrected chi connectivity index (χ4v) is 2.92. The van der Waals surface area contributed by atoms with E-state index in [1.807, 2.05) is 31.2 Å². The number of hydrogen-bond donors (Lipinski definition) is 1. The number of aryl methyl sites for hydroxylation is 1. The Kier molecular flexibility index (Phi) is 5.90. The zero-order chi connectivity index (χ0) is 18.5. The summed E-state index contributed by atoms with van der Waals surface area (Å²) in [5.41, 5.74) is 1.61. The van der Waals surface area contributed by atoms with E-state index in [4.69, 9.17) is 20.9 Å². The van der Waals surface area contributed by atoms with Gasteiger partial charge in [0, 0.05) is 10.0 Å². The number of ether oxygens (including phenoxy) is 1. The standard InChI is InChI=1S/C18H15BrClN3O3/c1-11-8-12(19)6-7-15(11)25-10-16(24)21-9-17-22-18(23-26-17)13-4-2-3-5-14(13)20/h2-8H,9-10H2,1H3,(H,21,24). The predicted molar refractivity (Wildman–Crippen MR) is 101 cm³/mol. The van der Waals surface area contributed by atoms with Crippen molar-refractivity contribution in [1.29, 1.82) is 0 Å². The molecule has 0 atom stereocenters. The average molecular weight is 437 g/mol. The van der Waals surface area contributed by atoms with Gasteiger partial charge in [-0.15, -0.1) is 0 Å². The van der Waals surface area contributed by atoms with Crippen molar-refractivity contribution in [3.8, 4) is 17.1 Å². The summed E-state index contributed by atoms with van der Waals surface area (Å²) in [5, 5.41) is 7.09. The molecule has 0 saturated carbocycles. The lowest BCUT2D eigenvalue weighted by Crippen LogP contribution is -2.28. The van der Waals surface area contributed by atoms with Gasteiger partial charge in [-0.05, 0) is 42.8 Å². The Labute approximate surface area is 163 Å². The third-order valence-corrected chi connectivity index (χ3v) is 4.34. The molecule has 134 valence electrons. The van der Waals surface area contributed by atoms with Crippen LogP contribution in [-0.2, 0) is 11.3 Å². The van der Waals surface area contributed by atoms with E-state index < -0.39 is 0 Å². The molecule has 0 aliphatic rings. The van der Waals surface area contributed by atoms with Crippen LogP contribution in [0.4, 0.5) is 0 Å². The minimum atomic E-state index is -0.287. The molecule has 6 nitrogen and oxygen atoms in total. The number of amides is 1. The highest BCUT2D eigenvalue weighted by molar-refractivity contribution is 9.10. The first-order valence-corrected chi connectivity index (χ1v) is 8.93. The molecule has 0 unspecified atom stereocenters. The minimum absolute atomic E-state index is 0.103. The molecule has 0 radical (unpaired) electrons. The summed E-state index contributed by atoms with van der Waals surface area (Å²) < 4.78 is 11.6. The van der Waals surface area contributed by atoms with Crippen LogP contribution < -0.4 is 10.1 Å². The largest absolute Gasteiger partial charge is 0.484 e. The maximum absolute atomic E-state index is 11.9. The number of halogens is 2. The van der Waals surface area contributed by atoms with Gasteiger partial charge in [0.25, 0.3) is 5.91 Å². The molecule has 0 bridgehead atoms. The maximum Gasteiger partial charge on any atom is 0.258 e. The Bertz CT molecular complexity index is 930. The highest BCUT2D eigenvalue weighted by Crippen LogP contribution is 2.25. The van der Waals surface area contributed by atoms with Crippen molar-refractivity contribution in [2.24, 2.45) is 0 Å². The van der Waals surface area contributed by atoms with E-state index in [2.05, 4.69) is 31.4 Å². The smallest absolute Gasteiger partial charge is 0.258 e. The zero-order valence-electron chi connectivity index (χ0n) is 13.8. The fourth-order valence-electron chi connectivity index (χ4n) is 2.22. The molecule has 0 fully saturated rings. The lowest BCUT2D eigenvalue weighted by molar-refractivity contribution is -0.123. The Balaban J connectivity index is 1.53. The third kappa shape index (κ3) is 4.62. The van der Waals surface area contributed by atoms with E-state index in [0.717, 1.165) is 10.0 Å². The van der Waals surface area contributed by atoms with Gasteiger partial charge in [-0.25, -0.2) is 0 Å². The second kappa shape index (κ2) is 8.33. The molecule has 8 heteroatoms. The van der Waals surface area contributed by atoms with Crippen LogP contribution in [0.1, 0.15) is 11.5 Å². The minimum Gasteiger partial charge on any atom is -0.484 e. The summed E-state index contributed by atoms with van der Waals surface area (Å²) >= 11 is 9.49. The molecule has 1 amide bonds. The van der Waals surface area contributed by atoms with Crippen LogP contribution in [-0.4, -0.2) is 22.7 Å². The zero-order valence-corrected chi connectivity index (χ0v) is 16.2. The van der Waals surface area contributed by atoms with Gasteiger partial charge >= 0.3 is 0 Å². The number of carbonyl (C=O) groups is 1. The van der Waals surface area contributed by atoms with Gasteiger partial charge in [0.15, 0.2) is 6.61 Å². The predicted octanol–water partition coefficient (Wildman–Crippen LogP) is 4.16. The van der Waals surface area contributed by atoms with Crippen LogP contribution in [0.15, 0.2) is 51.5 Å². The van der Waals surface area contributed by atoms with Crippen molar-refractivity contribution in [2.45, 2.75) is 13.5 Å². The van der Waals surface area contributed by atoms with Crippen LogP contribution >= 0.6 is 27.5 Å². The van der Waals surface area contributed by atoms with Crippen LogP contribution in [0.5, 0.6) is 5.75 Å². The quantitative estimate of drug-likeness (QED) is 0.628. The third-order valence-electron chi connectivity index (χ3n) is 3.52. The molecule has 26 heavy (non-hydrogen) atoms. The molecule has 3 rings (SSSR count). The van der Waals surface area contributed by atoms with Crippen LogP contribution in [0.25, 0.3) is 11.4 Å². The second-order valence-corrected chi connectivity index (χ2v) is 6.79. The van der Waals surface area contributed by atoms with E-state index in [0.29, 0.717) is 22.2 Å². The molecule has 0 aliphatic carbocycles. The average Bonchev–Trinajstić information content (AvgIpc) is 3.08. The highest BCUT2D eigenvalue weighted by Gasteiger charge is 2.12. The Hall–Kier alpha value is -2.38. The molecule has 1 heterocycles. The Morgan fingerprint density at radius 3 is 2.88 bits per heavy atom. The van der Waals surface area contributed by atoms with E-state index in [1.54, 1.807) is 18.2 Å².